The second-order valence-electron chi connectivity index (χ2n) is 5.71. The van der Waals surface area contributed by atoms with Crippen molar-refractivity contribution in [1.29, 1.82) is 0 Å². The third kappa shape index (κ3) is 3.27. The first-order valence-electron chi connectivity index (χ1n) is 7.28. The highest BCUT2D eigenvalue weighted by molar-refractivity contribution is 7.07. The number of aromatic nitrogens is 1. The van der Waals surface area contributed by atoms with E-state index in [9.17, 15) is 14.0 Å². The van der Waals surface area contributed by atoms with Crippen molar-refractivity contribution in [3.8, 4) is 0 Å². The molecule has 1 N–H and O–H groups in total. The summed E-state index contributed by atoms with van der Waals surface area (Å²) < 4.78 is 15.0. The molecule has 3 rings (SSSR count). The number of hydrogen-bond donors (Lipinski definition) is 1. The molecule has 1 aliphatic rings. The molecular weight excluding hydrogens is 303 g/mol. The Morgan fingerprint density at radius 1 is 1.50 bits per heavy atom. The highest BCUT2D eigenvalue weighted by Gasteiger charge is 2.32. The molecule has 0 saturated heterocycles. The number of benzene rings is 1. The topological polar surface area (TPSA) is 51.1 Å². The lowest BCUT2D eigenvalue weighted by Gasteiger charge is -2.15. The Morgan fingerprint density at radius 2 is 2.27 bits per heavy atom. The van der Waals surface area contributed by atoms with Crippen molar-refractivity contribution in [1.82, 2.24) is 4.57 Å². The number of thiazole rings is 1. The van der Waals surface area contributed by atoms with Gasteiger partial charge >= 0.3 is 4.87 Å². The van der Waals surface area contributed by atoms with E-state index in [2.05, 4.69) is 5.32 Å². The zero-order valence-electron chi connectivity index (χ0n) is 12.2. The Bertz CT molecular complexity index is 749. The second kappa shape index (κ2) is 6.04. The lowest BCUT2D eigenvalue weighted by atomic mass is 10.1. The van der Waals surface area contributed by atoms with Crippen LogP contribution in [-0.4, -0.2) is 10.5 Å². The first-order valence-corrected chi connectivity index (χ1v) is 8.16. The lowest BCUT2D eigenvalue weighted by Crippen LogP contribution is -2.23. The first-order chi connectivity index (χ1) is 10.5. The van der Waals surface area contributed by atoms with Crippen LogP contribution < -0.4 is 10.2 Å². The Hall–Kier alpha value is -1.95. The zero-order chi connectivity index (χ0) is 15.7. The average Bonchev–Trinajstić information content (AvgIpc) is 3.26. The SMILES string of the molecule is C[C@H](C(=O)Nc1ccc(F)cc1Cn1ccsc1=O)C1CC1. The third-order valence-electron chi connectivity index (χ3n) is 4.05. The molecule has 1 heterocycles. The van der Waals surface area contributed by atoms with E-state index in [1.54, 1.807) is 17.6 Å². The van der Waals surface area contributed by atoms with Crippen LogP contribution in [0.3, 0.4) is 0 Å². The van der Waals surface area contributed by atoms with E-state index < -0.39 is 0 Å². The Morgan fingerprint density at radius 3 is 2.91 bits per heavy atom. The third-order valence-corrected chi connectivity index (χ3v) is 4.75. The summed E-state index contributed by atoms with van der Waals surface area (Å²) in [6.07, 6.45) is 3.85. The minimum atomic E-state index is -0.383. The molecule has 1 atom stereocenters. The van der Waals surface area contributed by atoms with Gasteiger partial charge in [-0.1, -0.05) is 18.3 Å². The normalized spacial score (nSPS) is 15.5. The highest BCUT2D eigenvalue weighted by Crippen LogP contribution is 2.37. The van der Waals surface area contributed by atoms with E-state index in [0.29, 0.717) is 17.2 Å². The van der Waals surface area contributed by atoms with Crippen molar-refractivity contribution in [3.63, 3.8) is 0 Å². The van der Waals surface area contributed by atoms with Crippen molar-refractivity contribution in [2.75, 3.05) is 5.32 Å². The van der Waals surface area contributed by atoms with Gasteiger partial charge in [0.1, 0.15) is 5.82 Å². The number of nitrogens with one attached hydrogen (secondary N) is 1. The fourth-order valence-electron chi connectivity index (χ4n) is 2.46. The van der Waals surface area contributed by atoms with E-state index in [1.165, 1.54) is 16.7 Å². The zero-order valence-corrected chi connectivity index (χ0v) is 13.0. The molecule has 4 nitrogen and oxygen atoms in total. The van der Waals surface area contributed by atoms with Gasteiger partial charge in [0.15, 0.2) is 0 Å². The molecule has 6 heteroatoms. The number of nitrogens with zero attached hydrogens (tertiary/aromatic N) is 1. The van der Waals surface area contributed by atoms with Crippen LogP contribution in [0.5, 0.6) is 0 Å². The Balaban J connectivity index is 1.82. The molecule has 2 aromatic rings. The van der Waals surface area contributed by atoms with E-state index in [-0.39, 0.29) is 29.1 Å². The van der Waals surface area contributed by atoms with E-state index >= 15 is 0 Å². The number of anilines is 1. The first kappa shape index (κ1) is 15.0. The number of amides is 1. The molecule has 116 valence electrons. The molecule has 0 radical (unpaired) electrons. The highest BCUT2D eigenvalue weighted by atomic mass is 32.1. The molecule has 0 spiro atoms. The van der Waals surface area contributed by atoms with Gasteiger partial charge in [-0.05, 0) is 42.5 Å². The standard InChI is InChI=1S/C16H17FN2O2S/c1-10(11-2-3-11)15(20)18-14-5-4-13(17)8-12(14)9-19-6-7-22-16(19)21/h4-8,10-11H,2-3,9H2,1H3,(H,18,20)/t10-/m0/s1. The summed E-state index contributed by atoms with van der Waals surface area (Å²) in [5.41, 5.74) is 1.16. The van der Waals surface area contributed by atoms with Gasteiger partial charge < -0.3 is 9.88 Å². The molecule has 0 aliphatic heterocycles. The van der Waals surface area contributed by atoms with Gasteiger partial charge in [-0.3, -0.25) is 9.59 Å². The molecule has 1 aliphatic carbocycles. The largest absolute Gasteiger partial charge is 0.326 e. The molecular formula is C16H17FN2O2S. The van der Waals surface area contributed by atoms with E-state index in [0.717, 1.165) is 24.2 Å². The van der Waals surface area contributed by atoms with Crippen molar-refractivity contribution in [3.05, 3.63) is 50.8 Å². The van der Waals surface area contributed by atoms with Crippen LogP contribution in [-0.2, 0) is 11.3 Å². The second-order valence-corrected chi connectivity index (χ2v) is 6.57. The van der Waals surface area contributed by atoms with Crippen molar-refractivity contribution in [2.24, 2.45) is 11.8 Å². The Labute approximate surface area is 131 Å². The van der Waals surface area contributed by atoms with Crippen molar-refractivity contribution in [2.45, 2.75) is 26.3 Å². The summed E-state index contributed by atoms with van der Waals surface area (Å²) in [5, 5.41) is 4.56. The molecule has 1 aromatic heterocycles. The van der Waals surface area contributed by atoms with E-state index in [4.69, 9.17) is 0 Å². The van der Waals surface area contributed by atoms with Crippen LogP contribution in [0.2, 0.25) is 0 Å². The minimum absolute atomic E-state index is 0.0400. The quantitative estimate of drug-likeness (QED) is 0.920. The number of halogens is 1. The molecule has 1 saturated carbocycles. The molecule has 1 amide bonds. The van der Waals surface area contributed by atoms with Gasteiger partial charge in [-0.15, -0.1) is 0 Å². The van der Waals surface area contributed by atoms with Crippen LogP contribution in [0, 0.1) is 17.7 Å². The van der Waals surface area contributed by atoms with E-state index in [1.807, 2.05) is 6.92 Å². The molecule has 0 bridgehead atoms. The van der Waals surface area contributed by atoms with Crippen LogP contribution in [0.15, 0.2) is 34.6 Å². The van der Waals surface area contributed by atoms with Gasteiger partial charge in [-0.25, -0.2) is 4.39 Å². The number of rotatable bonds is 5. The Kier molecular flexibility index (Phi) is 4.11. The molecule has 0 unspecified atom stereocenters. The lowest BCUT2D eigenvalue weighted by molar-refractivity contribution is -0.119. The maximum Gasteiger partial charge on any atom is 0.307 e. The van der Waals surface area contributed by atoms with Gasteiger partial charge in [-0.2, -0.15) is 0 Å². The molecule has 22 heavy (non-hydrogen) atoms. The van der Waals surface area contributed by atoms with Crippen molar-refractivity contribution < 1.29 is 9.18 Å². The van der Waals surface area contributed by atoms with Gasteiger partial charge in [0.05, 0.1) is 6.54 Å². The fourth-order valence-corrected chi connectivity index (χ4v) is 3.05. The number of carbonyl (C=O) groups is 1. The maximum atomic E-state index is 13.5. The van der Waals surface area contributed by atoms with Crippen LogP contribution in [0.4, 0.5) is 10.1 Å². The van der Waals surface area contributed by atoms with Crippen LogP contribution >= 0.6 is 11.3 Å². The average molecular weight is 320 g/mol. The van der Waals surface area contributed by atoms with Gasteiger partial charge in [0.25, 0.3) is 0 Å². The monoisotopic (exact) mass is 320 g/mol. The summed E-state index contributed by atoms with van der Waals surface area (Å²) in [6, 6.07) is 4.23. The van der Waals surface area contributed by atoms with Crippen LogP contribution in [0.1, 0.15) is 25.3 Å². The minimum Gasteiger partial charge on any atom is -0.326 e. The van der Waals surface area contributed by atoms with Crippen molar-refractivity contribution >= 4 is 22.9 Å². The number of hydrogen-bond acceptors (Lipinski definition) is 3. The molecule has 1 fully saturated rings. The maximum absolute atomic E-state index is 13.5. The number of carbonyl (C=O) groups excluding carboxylic acids is 1. The summed E-state index contributed by atoms with van der Waals surface area (Å²) in [7, 11) is 0. The summed E-state index contributed by atoms with van der Waals surface area (Å²) >= 11 is 1.09. The van der Waals surface area contributed by atoms with Crippen LogP contribution in [0.25, 0.3) is 0 Å². The fraction of sp³-hybridized carbons (Fsp3) is 0.375. The van der Waals surface area contributed by atoms with Gasteiger partial charge in [0.2, 0.25) is 5.91 Å². The van der Waals surface area contributed by atoms with Gasteiger partial charge in [0, 0.05) is 23.2 Å². The molecule has 1 aromatic carbocycles. The summed E-state index contributed by atoms with van der Waals surface area (Å²) in [6.45, 7) is 2.16. The predicted molar refractivity (Wildman–Crippen MR) is 84.6 cm³/mol. The summed E-state index contributed by atoms with van der Waals surface area (Å²) in [5.74, 6) is -0.00953. The smallest absolute Gasteiger partial charge is 0.307 e. The predicted octanol–water partition coefficient (Wildman–Crippen LogP) is 3.08. The summed E-state index contributed by atoms with van der Waals surface area (Å²) in [4.78, 5) is 23.8.